The predicted molar refractivity (Wildman–Crippen MR) is 72.7 cm³/mol. The second-order valence-corrected chi connectivity index (χ2v) is 3.94. The SMILES string of the molecule is O=C(CCc1ccccc1)O/N=C/c1ccccn1. The lowest BCUT2D eigenvalue weighted by Crippen LogP contribution is -2.02. The fourth-order valence-corrected chi connectivity index (χ4v) is 1.53. The second-order valence-electron chi connectivity index (χ2n) is 3.94. The highest BCUT2D eigenvalue weighted by Crippen LogP contribution is 2.03. The molecular formula is C15H14N2O2. The number of aromatic nitrogens is 1. The van der Waals surface area contributed by atoms with Crippen LogP contribution in [0, 0.1) is 0 Å². The van der Waals surface area contributed by atoms with Gasteiger partial charge in [-0.1, -0.05) is 41.6 Å². The van der Waals surface area contributed by atoms with Gasteiger partial charge in [0.05, 0.1) is 18.3 Å². The Kier molecular flexibility index (Phi) is 4.81. The molecule has 0 fully saturated rings. The lowest BCUT2D eigenvalue weighted by atomic mass is 10.1. The van der Waals surface area contributed by atoms with Gasteiger partial charge in [0, 0.05) is 6.20 Å². The molecule has 0 radical (unpaired) electrons. The van der Waals surface area contributed by atoms with Crippen LogP contribution >= 0.6 is 0 Å². The van der Waals surface area contributed by atoms with Crippen LogP contribution in [0.1, 0.15) is 17.7 Å². The molecule has 1 aromatic heterocycles. The van der Waals surface area contributed by atoms with Crippen molar-refractivity contribution in [2.24, 2.45) is 5.16 Å². The van der Waals surface area contributed by atoms with Crippen LogP contribution in [0.4, 0.5) is 0 Å². The Labute approximate surface area is 111 Å². The third kappa shape index (κ3) is 4.71. The van der Waals surface area contributed by atoms with Crippen LogP contribution in [-0.4, -0.2) is 17.2 Å². The van der Waals surface area contributed by atoms with E-state index in [0.29, 0.717) is 18.5 Å². The van der Waals surface area contributed by atoms with Gasteiger partial charge in [-0.3, -0.25) is 4.98 Å². The summed E-state index contributed by atoms with van der Waals surface area (Å²) in [6.45, 7) is 0. The highest BCUT2D eigenvalue weighted by Gasteiger charge is 2.02. The number of benzene rings is 1. The highest BCUT2D eigenvalue weighted by molar-refractivity contribution is 5.77. The number of carbonyl (C=O) groups excluding carboxylic acids is 1. The van der Waals surface area contributed by atoms with Crippen LogP contribution in [-0.2, 0) is 16.1 Å². The summed E-state index contributed by atoms with van der Waals surface area (Å²) >= 11 is 0. The zero-order chi connectivity index (χ0) is 13.3. The summed E-state index contributed by atoms with van der Waals surface area (Å²) in [5, 5.41) is 3.62. The van der Waals surface area contributed by atoms with Crippen molar-refractivity contribution in [3.05, 3.63) is 66.0 Å². The first kappa shape index (κ1) is 13.0. The van der Waals surface area contributed by atoms with E-state index in [4.69, 9.17) is 4.84 Å². The van der Waals surface area contributed by atoms with Gasteiger partial charge in [0.15, 0.2) is 0 Å². The normalized spacial score (nSPS) is 10.5. The van der Waals surface area contributed by atoms with Crippen molar-refractivity contribution in [3.8, 4) is 0 Å². The molecule has 4 nitrogen and oxygen atoms in total. The van der Waals surface area contributed by atoms with Gasteiger partial charge in [0.25, 0.3) is 0 Å². The van der Waals surface area contributed by atoms with Crippen LogP contribution in [0.2, 0.25) is 0 Å². The van der Waals surface area contributed by atoms with Crippen LogP contribution in [0.15, 0.2) is 59.9 Å². The molecule has 96 valence electrons. The van der Waals surface area contributed by atoms with Gasteiger partial charge in [0.1, 0.15) is 0 Å². The summed E-state index contributed by atoms with van der Waals surface area (Å²) in [6.07, 6.45) is 4.03. The van der Waals surface area contributed by atoms with E-state index < -0.39 is 0 Å². The summed E-state index contributed by atoms with van der Waals surface area (Å²) in [5.74, 6) is -0.351. The average molecular weight is 254 g/mol. The second kappa shape index (κ2) is 7.06. The Bertz CT molecular complexity index is 539. The van der Waals surface area contributed by atoms with Crippen molar-refractivity contribution in [2.45, 2.75) is 12.8 Å². The first-order valence-electron chi connectivity index (χ1n) is 6.03. The highest BCUT2D eigenvalue weighted by atomic mass is 16.7. The van der Waals surface area contributed by atoms with E-state index in [9.17, 15) is 4.79 Å². The number of aryl methyl sites for hydroxylation is 1. The van der Waals surface area contributed by atoms with E-state index in [2.05, 4.69) is 10.1 Å². The Hall–Kier alpha value is -2.49. The van der Waals surface area contributed by atoms with Crippen molar-refractivity contribution in [2.75, 3.05) is 0 Å². The molecule has 4 heteroatoms. The fraction of sp³-hybridized carbons (Fsp3) is 0.133. The van der Waals surface area contributed by atoms with E-state index in [1.165, 1.54) is 6.21 Å². The number of oxime groups is 1. The Morgan fingerprint density at radius 3 is 2.68 bits per heavy atom. The average Bonchev–Trinajstić information content (AvgIpc) is 2.47. The van der Waals surface area contributed by atoms with Gasteiger partial charge in [-0.2, -0.15) is 0 Å². The number of rotatable bonds is 5. The van der Waals surface area contributed by atoms with Crippen molar-refractivity contribution in [3.63, 3.8) is 0 Å². The molecule has 2 rings (SSSR count). The fourth-order valence-electron chi connectivity index (χ4n) is 1.53. The van der Waals surface area contributed by atoms with Crippen molar-refractivity contribution >= 4 is 12.2 Å². The summed E-state index contributed by atoms with van der Waals surface area (Å²) in [6, 6.07) is 15.2. The maximum absolute atomic E-state index is 11.5. The molecule has 0 aliphatic rings. The molecule has 1 heterocycles. The van der Waals surface area contributed by atoms with E-state index in [1.807, 2.05) is 42.5 Å². The summed E-state index contributed by atoms with van der Waals surface area (Å²) in [5.41, 5.74) is 1.76. The Morgan fingerprint density at radius 1 is 1.16 bits per heavy atom. The van der Waals surface area contributed by atoms with Crippen molar-refractivity contribution in [1.82, 2.24) is 4.98 Å². The zero-order valence-electron chi connectivity index (χ0n) is 10.4. The number of nitrogens with zero attached hydrogens (tertiary/aromatic N) is 2. The van der Waals surface area contributed by atoms with E-state index >= 15 is 0 Å². The quantitative estimate of drug-likeness (QED) is 0.468. The van der Waals surface area contributed by atoms with E-state index in [0.717, 1.165) is 5.56 Å². The molecule has 19 heavy (non-hydrogen) atoms. The lowest BCUT2D eigenvalue weighted by Gasteiger charge is -1.99. The molecule has 0 amide bonds. The molecule has 0 spiro atoms. The van der Waals surface area contributed by atoms with Gasteiger partial charge in [-0.25, -0.2) is 4.79 Å². The van der Waals surface area contributed by atoms with Gasteiger partial charge < -0.3 is 4.84 Å². The lowest BCUT2D eigenvalue weighted by molar-refractivity contribution is -0.143. The minimum absolute atomic E-state index is 0.309. The maximum atomic E-state index is 11.5. The molecular weight excluding hydrogens is 240 g/mol. The molecule has 0 bridgehead atoms. The molecule has 0 N–H and O–H groups in total. The minimum atomic E-state index is -0.351. The van der Waals surface area contributed by atoms with Crippen LogP contribution < -0.4 is 0 Å². The smallest absolute Gasteiger partial charge is 0.318 e. The number of carbonyl (C=O) groups is 1. The predicted octanol–water partition coefficient (Wildman–Crippen LogP) is 2.59. The maximum Gasteiger partial charge on any atom is 0.335 e. The monoisotopic (exact) mass is 254 g/mol. The molecule has 0 aliphatic heterocycles. The van der Waals surface area contributed by atoms with Gasteiger partial charge >= 0.3 is 5.97 Å². The van der Waals surface area contributed by atoms with Crippen molar-refractivity contribution < 1.29 is 9.63 Å². The number of pyridine rings is 1. The molecule has 0 aliphatic carbocycles. The Balaban J connectivity index is 1.75. The first-order valence-corrected chi connectivity index (χ1v) is 6.03. The van der Waals surface area contributed by atoms with E-state index in [1.54, 1.807) is 12.3 Å². The van der Waals surface area contributed by atoms with E-state index in [-0.39, 0.29) is 5.97 Å². The molecule has 0 saturated heterocycles. The number of hydrogen-bond donors (Lipinski definition) is 0. The third-order valence-corrected chi connectivity index (χ3v) is 2.49. The summed E-state index contributed by atoms with van der Waals surface area (Å²) in [7, 11) is 0. The first-order chi connectivity index (χ1) is 9.34. The van der Waals surface area contributed by atoms with Crippen LogP contribution in [0.5, 0.6) is 0 Å². The molecule has 0 unspecified atom stereocenters. The largest absolute Gasteiger partial charge is 0.335 e. The molecule has 0 atom stereocenters. The van der Waals surface area contributed by atoms with Crippen LogP contribution in [0.3, 0.4) is 0 Å². The standard InChI is InChI=1S/C15H14N2O2/c18-15(10-9-13-6-2-1-3-7-13)19-17-12-14-8-4-5-11-16-14/h1-8,11-12H,9-10H2/b17-12+. The minimum Gasteiger partial charge on any atom is -0.318 e. The summed E-state index contributed by atoms with van der Waals surface area (Å²) < 4.78 is 0. The summed E-state index contributed by atoms with van der Waals surface area (Å²) in [4.78, 5) is 20.2. The zero-order valence-corrected chi connectivity index (χ0v) is 10.4. The molecule has 0 saturated carbocycles. The molecule has 2 aromatic rings. The third-order valence-electron chi connectivity index (χ3n) is 2.49. The van der Waals surface area contributed by atoms with Crippen LogP contribution in [0.25, 0.3) is 0 Å². The van der Waals surface area contributed by atoms with Gasteiger partial charge in [-0.15, -0.1) is 0 Å². The topological polar surface area (TPSA) is 51.5 Å². The van der Waals surface area contributed by atoms with Crippen molar-refractivity contribution in [1.29, 1.82) is 0 Å². The Morgan fingerprint density at radius 2 is 1.95 bits per heavy atom. The molecule has 1 aromatic carbocycles. The van der Waals surface area contributed by atoms with Gasteiger partial charge in [0.2, 0.25) is 0 Å². The van der Waals surface area contributed by atoms with Gasteiger partial charge in [-0.05, 0) is 24.1 Å². The number of hydrogen-bond acceptors (Lipinski definition) is 4.